The van der Waals surface area contributed by atoms with Gasteiger partial charge in [0.25, 0.3) is 5.91 Å². The quantitative estimate of drug-likeness (QED) is 0.291. The number of benzene rings is 3. The Morgan fingerprint density at radius 3 is 2.66 bits per heavy atom. The highest BCUT2D eigenvalue weighted by Gasteiger charge is 2.36. The van der Waals surface area contributed by atoms with Gasteiger partial charge in [-0.15, -0.1) is 0 Å². The minimum absolute atomic E-state index is 0.134. The topological polar surface area (TPSA) is 70.7 Å². The number of nitrogens with one attached hydrogen (secondary N) is 1. The van der Waals surface area contributed by atoms with Crippen molar-refractivity contribution in [2.24, 2.45) is 4.99 Å². The number of hydrogen-bond acceptors (Lipinski definition) is 4. The second-order valence-electron chi connectivity index (χ2n) is 9.34. The van der Waals surface area contributed by atoms with Crippen LogP contribution in [-0.4, -0.2) is 33.0 Å². The molecule has 3 heterocycles. The van der Waals surface area contributed by atoms with Gasteiger partial charge in [-0.3, -0.25) is 15.1 Å². The highest BCUT2D eigenvalue weighted by atomic mass is 32.2. The van der Waals surface area contributed by atoms with Crippen molar-refractivity contribution in [1.29, 1.82) is 5.41 Å². The number of thioether (sulfide) groups is 1. The van der Waals surface area contributed by atoms with Crippen molar-refractivity contribution in [3.8, 4) is 5.75 Å². The largest absolute Gasteiger partial charge is 0.491 e. The molecule has 1 aromatic heterocycles. The van der Waals surface area contributed by atoms with Crippen LogP contribution in [0, 0.1) is 19.3 Å². The van der Waals surface area contributed by atoms with E-state index >= 15 is 0 Å². The zero-order chi connectivity index (χ0) is 26.2. The Kier molecular flexibility index (Phi) is 6.21. The average Bonchev–Trinajstić information content (AvgIpc) is 3.51. The monoisotopic (exact) mass is 518 g/mol. The highest BCUT2D eigenvalue weighted by Crippen LogP contribution is 2.37. The van der Waals surface area contributed by atoms with E-state index in [1.54, 1.807) is 11.0 Å². The van der Waals surface area contributed by atoms with E-state index in [1.165, 1.54) is 11.8 Å². The Morgan fingerprint density at radius 1 is 1.03 bits per heavy atom. The minimum Gasteiger partial charge on any atom is -0.491 e. The van der Waals surface area contributed by atoms with Crippen molar-refractivity contribution in [2.75, 3.05) is 6.61 Å². The van der Waals surface area contributed by atoms with Crippen molar-refractivity contribution in [3.63, 3.8) is 0 Å². The number of carbonyl (C=O) groups is 1. The van der Waals surface area contributed by atoms with E-state index in [0.717, 1.165) is 44.6 Å². The molecule has 0 radical (unpaired) electrons. The van der Waals surface area contributed by atoms with Gasteiger partial charge in [-0.05, 0) is 48.7 Å². The second-order valence-corrected chi connectivity index (χ2v) is 10.2. The molecule has 0 unspecified atom stereocenters. The lowest BCUT2D eigenvalue weighted by molar-refractivity contribution is -0.114. The van der Waals surface area contributed by atoms with Crippen LogP contribution in [0.3, 0.4) is 0 Å². The molecule has 4 aromatic rings. The van der Waals surface area contributed by atoms with Crippen LogP contribution >= 0.6 is 11.8 Å². The lowest BCUT2D eigenvalue weighted by atomic mass is 10.1. The van der Waals surface area contributed by atoms with Crippen LogP contribution in [-0.2, 0) is 11.3 Å². The smallest absolute Gasteiger partial charge is 0.283 e. The van der Waals surface area contributed by atoms with E-state index in [4.69, 9.17) is 10.1 Å². The number of amidine groups is 2. The Hall–Kier alpha value is -4.36. The van der Waals surface area contributed by atoms with Crippen LogP contribution in [0.15, 0.2) is 95.0 Å². The molecule has 1 amide bonds. The van der Waals surface area contributed by atoms with Crippen LogP contribution in [0.5, 0.6) is 5.75 Å². The SMILES string of the molecule is Cc1ccc(C)c(OCCn2cc(/C=C3/C(=N)N4C(c5ccccc5)=CSC4=NC3=O)c3ccccc32)c1. The van der Waals surface area contributed by atoms with Gasteiger partial charge in [-0.1, -0.05) is 72.4 Å². The summed E-state index contributed by atoms with van der Waals surface area (Å²) in [5.74, 6) is 0.631. The zero-order valence-electron chi connectivity index (χ0n) is 21.1. The first kappa shape index (κ1) is 24.0. The Bertz CT molecular complexity index is 1680. The summed E-state index contributed by atoms with van der Waals surface area (Å²) >= 11 is 1.37. The minimum atomic E-state index is -0.397. The van der Waals surface area contributed by atoms with Gasteiger partial charge in [0.2, 0.25) is 0 Å². The third-order valence-corrected chi connectivity index (χ3v) is 7.56. The molecule has 0 saturated heterocycles. The first-order valence-electron chi connectivity index (χ1n) is 12.4. The number of rotatable bonds is 6. The Morgan fingerprint density at radius 2 is 1.82 bits per heavy atom. The van der Waals surface area contributed by atoms with Crippen molar-refractivity contribution in [3.05, 3.63) is 112 Å². The molecule has 0 aliphatic carbocycles. The number of carbonyl (C=O) groups excluding carboxylic acids is 1. The van der Waals surface area contributed by atoms with E-state index in [2.05, 4.69) is 40.7 Å². The average molecular weight is 519 g/mol. The maximum atomic E-state index is 13.0. The number of aryl methyl sites for hydroxylation is 2. The number of para-hydroxylation sites is 1. The third kappa shape index (κ3) is 4.35. The van der Waals surface area contributed by atoms with Gasteiger partial charge < -0.3 is 9.30 Å². The molecule has 1 N–H and O–H groups in total. The summed E-state index contributed by atoms with van der Waals surface area (Å²) in [4.78, 5) is 19.1. The predicted molar refractivity (Wildman–Crippen MR) is 155 cm³/mol. The van der Waals surface area contributed by atoms with Gasteiger partial charge >= 0.3 is 0 Å². The molecular weight excluding hydrogens is 492 g/mol. The number of ether oxygens (including phenoxy) is 1. The summed E-state index contributed by atoms with van der Waals surface area (Å²) in [5, 5.41) is 12.4. The lowest BCUT2D eigenvalue weighted by Crippen LogP contribution is -2.38. The number of aliphatic imine (C=N–C) groups is 1. The number of nitrogens with zero attached hydrogens (tertiary/aromatic N) is 3. The van der Waals surface area contributed by atoms with Crippen molar-refractivity contribution in [1.82, 2.24) is 9.47 Å². The van der Waals surface area contributed by atoms with Crippen molar-refractivity contribution < 1.29 is 9.53 Å². The van der Waals surface area contributed by atoms with Crippen LogP contribution in [0.1, 0.15) is 22.3 Å². The lowest BCUT2D eigenvalue weighted by Gasteiger charge is -2.26. The van der Waals surface area contributed by atoms with Crippen LogP contribution < -0.4 is 4.74 Å². The molecule has 2 aliphatic rings. The van der Waals surface area contributed by atoms with E-state index in [9.17, 15) is 4.79 Å². The molecule has 6 nitrogen and oxygen atoms in total. The van der Waals surface area contributed by atoms with Gasteiger partial charge in [0.15, 0.2) is 5.17 Å². The fourth-order valence-electron chi connectivity index (χ4n) is 4.76. The molecule has 3 aromatic carbocycles. The Balaban J connectivity index is 1.30. The maximum Gasteiger partial charge on any atom is 0.283 e. The summed E-state index contributed by atoms with van der Waals surface area (Å²) in [6, 6.07) is 24.2. The zero-order valence-corrected chi connectivity index (χ0v) is 22.0. The number of fused-ring (bicyclic) bond motifs is 2. The summed E-state index contributed by atoms with van der Waals surface area (Å²) in [6.45, 7) is 5.26. The van der Waals surface area contributed by atoms with Gasteiger partial charge in [0, 0.05) is 28.1 Å². The molecule has 0 atom stereocenters. The van der Waals surface area contributed by atoms with E-state index in [-0.39, 0.29) is 11.4 Å². The molecule has 6 rings (SSSR count). The van der Waals surface area contributed by atoms with Crippen molar-refractivity contribution in [2.45, 2.75) is 20.4 Å². The molecule has 7 heteroatoms. The van der Waals surface area contributed by atoms with Crippen LogP contribution in [0.25, 0.3) is 22.7 Å². The van der Waals surface area contributed by atoms with E-state index < -0.39 is 5.91 Å². The van der Waals surface area contributed by atoms with Gasteiger partial charge in [-0.2, -0.15) is 4.99 Å². The molecule has 2 aliphatic heterocycles. The molecule has 0 bridgehead atoms. The van der Waals surface area contributed by atoms with Crippen molar-refractivity contribution >= 4 is 51.3 Å². The van der Waals surface area contributed by atoms with E-state index in [1.807, 2.05) is 67.1 Å². The maximum absolute atomic E-state index is 13.0. The molecule has 0 spiro atoms. The van der Waals surface area contributed by atoms with Gasteiger partial charge in [-0.25, -0.2) is 0 Å². The first-order valence-corrected chi connectivity index (χ1v) is 13.3. The van der Waals surface area contributed by atoms with Gasteiger partial charge in [0.1, 0.15) is 18.2 Å². The number of hydrogen-bond donors (Lipinski definition) is 1. The Labute approximate surface area is 225 Å². The highest BCUT2D eigenvalue weighted by molar-refractivity contribution is 8.17. The molecule has 0 fully saturated rings. The third-order valence-electron chi connectivity index (χ3n) is 6.74. The van der Waals surface area contributed by atoms with E-state index in [0.29, 0.717) is 18.3 Å². The molecule has 38 heavy (non-hydrogen) atoms. The normalized spacial score (nSPS) is 16.2. The number of aromatic nitrogens is 1. The van der Waals surface area contributed by atoms with Gasteiger partial charge in [0.05, 0.1) is 17.8 Å². The molecule has 188 valence electrons. The predicted octanol–water partition coefficient (Wildman–Crippen LogP) is 6.64. The molecular formula is C31H26N4O2S. The first-order chi connectivity index (χ1) is 18.5. The number of amides is 1. The van der Waals surface area contributed by atoms with Crippen LogP contribution in [0.2, 0.25) is 0 Å². The summed E-state index contributed by atoms with van der Waals surface area (Å²) in [5.41, 5.74) is 6.29. The van der Waals surface area contributed by atoms with Crippen LogP contribution in [0.4, 0.5) is 0 Å². The summed E-state index contributed by atoms with van der Waals surface area (Å²) in [7, 11) is 0. The fourth-order valence-corrected chi connectivity index (χ4v) is 5.65. The standard InChI is InChI=1S/C31H26N4O2S/c1-20-12-13-21(2)28(16-20)37-15-14-34-18-23(24-10-6-7-11-26(24)34)17-25-29(32)35-27(22-8-4-3-5-9-22)19-38-31(35)33-30(25)36/h3-13,16-19,32H,14-15H2,1-2H3/b25-17-,32-29?. The second kappa shape index (κ2) is 9.84. The molecule has 0 saturated carbocycles. The fraction of sp³-hybridized carbons (Fsp3) is 0.129. The summed E-state index contributed by atoms with van der Waals surface area (Å²) < 4.78 is 8.25. The summed E-state index contributed by atoms with van der Waals surface area (Å²) in [6.07, 6.45) is 3.82.